The number of halogens is 1. The molecular formula is C6H8ClNO2S. The fourth-order valence-electron chi connectivity index (χ4n) is 0.517. The molecule has 1 aromatic heterocycles. The Morgan fingerprint density at radius 3 is 3.00 bits per heavy atom. The van der Waals surface area contributed by atoms with Crippen LogP contribution in [0.3, 0.4) is 0 Å². The zero-order valence-corrected chi connectivity index (χ0v) is 7.58. The van der Waals surface area contributed by atoms with Crippen LogP contribution < -0.4 is 0 Å². The number of esters is 1. The van der Waals surface area contributed by atoms with Crippen molar-refractivity contribution in [1.29, 1.82) is 0 Å². The van der Waals surface area contributed by atoms with E-state index in [2.05, 4.69) is 4.98 Å². The summed E-state index contributed by atoms with van der Waals surface area (Å²) >= 11 is 1.29. The summed E-state index contributed by atoms with van der Waals surface area (Å²) in [6.45, 7) is 2.17. The summed E-state index contributed by atoms with van der Waals surface area (Å²) in [5, 5.41) is 2.16. The lowest BCUT2D eigenvalue weighted by molar-refractivity contribution is 0.0526. The number of carbonyl (C=O) groups excluding carboxylic acids is 1. The van der Waals surface area contributed by atoms with Gasteiger partial charge in [0.15, 0.2) is 0 Å². The maximum absolute atomic E-state index is 10.8. The Kier molecular flexibility index (Phi) is 4.81. The Labute approximate surface area is 74.8 Å². The van der Waals surface area contributed by atoms with Crippen LogP contribution in [-0.4, -0.2) is 17.6 Å². The molecule has 0 atom stereocenters. The van der Waals surface area contributed by atoms with Gasteiger partial charge in [0.1, 0.15) is 0 Å². The summed E-state index contributed by atoms with van der Waals surface area (Å²) in [6, 6.07) is 0. The third kappa shape index (κ3) is 2.86. The Morgan fingerprint density at radius 1 is 1.82 bits per heavy atom. The van der Waals surface area contributed by atoms with Crippen molar-refractivity contribution in [1.82, 2.24) is 4.98 Å². The van der Waals surface area contributed by atoms with Gasteiger partial charge in [0.2, 0.25) is 5.01 Å². The van der Waals surface area contributed by atoms with Crippen molar-refractivity contribution in [2.45, 2.75) is 6.92 Å². The molecule has 0 fully saturated rings. The van der Waals surface area contributed by atoms with Gasteiger partial charge in [0, 0.05) is 11.6 Å². The van der Waals surface area contributed by atoms with Gasteiger partial charge in [-0.05, 0) is 6.92 Å². The maximum Gasteiger partial charge on any atom is 0.367 e. The van der Waals surface area contributed by atoms with E-state index >= 15 is 0 Å². The normalized spacial score (nSPS) is 8.45. The van der Waals surface area contributed by atoms with E-state index in [0.29, 0.717) is 11.6 Å². The highest BCUT2D eigenvalue weighted by Gasteiger charge is 2.06. The molecule has 0 aromatic carbocycles. The third-order valence-electron chi connectivity index (χ3n) is 0.882. The number of nitrogens with zero attached hydrogens (tertiary/aromatic N) is 1. The zero-order valence-electron chi connectivity index (χ0n) is 5.94. The van der Waals surface area contributed by atoms with Gasteiger partial charge in [-0.1, -0.05) is 0 Å². The van der Waals surface area contributed by atoms with Gasteiger partial charge in [-0.25, -0.2) is 9.78 Å². The van der Waals surface area contributed by atoms with E-state index in [1.807, 2.05) is 0 Å². The average Bonchev–Trinajstić information content (AvgIpc) is 2.38. The minimum absolute atomic E-state index is 0. The predicted molar refractivity (Wildman–Crippen MR) is 45.3 cm³/mol. The average molecular weight is 194 g/mol. The minimum Gasteiger partial charge on any atom is -0.461 e. The Morgan fingerprint density at radius 2 is 2.55 bits per heavy atom. The smallest absolute Gasteiger partial charge is 0.367 e. The van der Waals surface area contributed by atoms with Crippen LogP contribution in [0, 0.1) is 0 Å². The van der Waals surface area contributed by atoms with Gasteiger partial charge in [0.05, 0.1) is 6.61 Å². The molecule has 5 heteroatoms. The quantitative estimate of drug-likeness (QED) is 0.672. The first-order valence-corrected chi connectivity index (χ1v) is 3.79. The second kappa shape index (κ2) is 5.09. The summed E-state index contributed by atoms with van der Waals surface area (Å²) in [4.78, 5) is 14.6. The lowest BCUT2D eigenvalue weighted by atomic mass is 10.7. The molecule has 62 valence electrons. The van der Waals surface area contributed by atoms with E-state index in [0.717, 1.165) is 0 Å². The first-order valence-electron chi connectivity index (χ1n) is 2.91. The van der Waals surface area contributed by atoms with Gasteiger partial charge in [0.25, 0.3) is 0 Å². The summed E-state index contributed by atoms with van der Waals surface area (Å²) in [6.07, 6.45) is 1.58. The molecular weight excluding hydrogens is 186 g/mol. The molecule has 0 bridgehead atoms. The van der Waals surface area contributed by atoms with Crippen LogP contribution in [0.15, 0.2) is 11.6 Å². The van der Waals surface area contributed by atoms with Gasteiger partial charge < -0.3 is 4.74 Å². The van der Waals surface area contributed by atoms with Gasteiger partial charge in [-0.3, -0.25) is 0 Å². The number of carbonyl (C=O) groups is 1. The minimum atomic E-state index is -0.336. The summed E-state index contributed by atoms with van der Waals surface area (Å²) < 4.78 is 4.70. The molecule has 0 radical (unpaired) electrons. The van der Waals surface area contributed by atoms with E-state index in [4.69, 9.17) is 4.74 Å². The fourth-order valence-corrected chi connectivity index (χ4v) is 1.04. The number of ether oxygens (including phenoxy) is 1. The SMILES string of the molecule is CCOC(=O)c1nccs1.Cl. The van der Waals surface area contributed by atoms with Crippen molar-refractivity contribution in [3.05, 3.63) is 16.6 Å². The largest absolute Gasteiger partial charge is 0.461 e. The first kappa shape index (κ1) is 10.4. The highest BCUT2D eigenvalue weighted by molar-refractivity contribution is 7.11. The molecule has 0 amide bonds. The van der Waals surface area contributed by atoms with Crippen molar-refractivity contribution in [2.75, 3.05) is 6.61 Å². The summed E-state index contributed by atoms with van der Waals surface area (Å²) in [5.41, 5.74) is 0. The highest BCUT2D eigenvalue weighted by Crippen LogP contribution is 2.04. The van der Waals surface area contributed by atoms with E-state index in [1.165, 1.54) is 11.3 Å². The van der Waals surface area contributed by atoms with Crippen LogP contribution >= 0.6 is 23.7 Å². The number of hydrogen-bond donors (Lipinski definition) is 0. The Bertz CT molecular complexity index is 212. The van der Waals surface area contributed by atoms with Crippen LogP contribution in [-0.2, 0) is 4.74 Å². The van der Waals surface area contributed by atoms with Gasteiger partial charge in [-0.2, -0.15) is 0 Å². The van der Waals surface area contributed by atoms with Crippen LogP contribution in [0.1, 0.15) is 16.7 Å². The summed E-state index contributed by atoms with van der Waals surface area (Å²) in [7, 11) is 0. The molecule has 1 heterocycles. The molecule has 0 saturated carbocycles. The lowest BCUT2D eigenvalue weighted by Gasteiger charge is -1.94. The summed E-state index contributed by atoms with van der Waals surface area (Å²) in [5.74, 6) is -0.336. The van der Waals surface area contributed by atoms with Crippen LogP contribution in [0.25, 0.3) is 0 Å². The second-order valence-corrected chi connectivity index (χ2v) is 2.45. The Hall–Kier alpha value is -0.610. The number of thiazole rings is 1. The molecule has 1 rings (SSSR count). The van der Waals surface area contributed by atoms with Crippen LogP contribution in [0.4, 0.5) is 0 Å². The molecule has 0 unspecified atom stereocenters. The fraction of sp³-hybridized carbons (Fsp3) is 0.333. The van der Waals surface area contributed by atoms with Crippen LogP contribution in [0.5, 0.6) is 0 Å². The highest BCUT2D eigenvalue weighted by atomic mass is 35.5. The maximum atomic E-state index is 10.8. The van der Waals surface area contributed by atoms with E-state index in [1.54, 1.807) is 18.5 Å². The molecule has 0 aliphatic carbocycles. The number of aromatic nitrogens is 1. The molecule has 0 spiro atoms. The van der Waals surface area contributed by atoms with Gasteiger partial charge in [-0.15, -0.1) is 23.7 Å². The second-order valence-electron chi connectivity index (χ2n) is 1.56. The van der Waals surface area contributed by atoms with Crippen molar-refractivity contribution < 1.29 is 9.53 Å². The molecule has 0 aliphatic heterocycles. The lowest BCUT2D eigenvalue weighted by Crippen LogP contribution is -2.03. The number of rotatable bonds is 2. The molecule has 0 aliphatic rings. The van der Waals surface area contributed by atoms with E-state index < -0.39 is 0 Å². The monoisotopic (exact) mass is 193 g/mol. The Balaban J connectivity index is 0.000001000. The molecule has 11 heavy (non-hydrogen) atoms. The van der Waals surface area contributed by atoms with Crippen molar-refractivity contribution >= 4 is 29.7 Å². The standard InChI is InChI=1S/C6H7NO2S.ClH/c1-2-9-6(8)5-7-3-4-10-5;/h3-4H,2H2,1H3;1H. The predicted octanol–water partition coefficient (Wildman–Crippen LogP) is 1.74. The molecule has 0 N–H and O–H groups in total. The number of hydrogen-bond acceptors (Lipinski definition) is 4. The van der Waals surface area contributed by atoms with Crippen LogP contribution in [0.2, 0.25) is 0 Å². The van der Waals surface area contributed by atoms with Crippen molar-refractivity contribution in [3.8, 4) is 0 Å². The van der Waals surface area contributed by atoms with E-state index in [-0.39, 0.29) is 18.4 Å². The van der Waals surface area contributed by atoms with E-state index in [9.17, 15) is 4.79 Å². The first-order chi connectivity index (χ1) is 4.84. The topological polar surface area (TPSA) is 39.2 Å². The molecule has 1 aromatic rings. The third-order valence-corrected chi connectivity index (χ3v) is 1.64. The van der Waals surface area contributed by atoms with Crippen molar-refractivity contribution in [2.24, 2.45) is 0 Å². The van der Waals surface area contributed by atoms with Crippen molar-refractivity contribution in [3.63, 3.8) is 0 Å². The zero-order chi connectivity index (χ0) is 7.40. The van der Waals surface area contributed by atoms with Gasteiger partial charge >= 0.3 is 5.97 Å². The molecule has 3 nitrogen and oxygen atoms in total. The molecule has 0 saturated heterocycles.